The fourth-order valence-electron chi connectivity index (χ4n) is 3.38. The molecule has 7 heteroatoms. The Labute approximate surface area is 146 Å². The maximum Gasteiger partial charge on any atom is 0.205 e. The molecule has 2 N–H and O–H groups in total. The number of nitrogens with zero attached hydrogens (tertiary/aromatic N) is 4. The lowest BCUT2D eigenvalue weighted by Crippen LogP contribution is -2.47. The average Bonchev–Trinajstić information content (AvgIpc) is 2.69. The molecule has 0 radical (unpaired) electrons. The third-order valence-electron chi connectivity index (χ3n) is 4.66. The number of piperidine rings is 1. The topological polar surface area (TPSA) is 86.1 Å². The Morgan fingerprint density at radius 2 is 2.00 bits per heavy atom. The van der Waals surface area contributed by atoms with Crippen molar-refractivity contribution in [1.82, 2.24) is 15.3 Å². The van der Waals surface area contributed by atoms with Gasteiger partial charge in [0.05, 0.1) is 18.2 Å². The fraction of sp³-hybridized carbons (Fsp3) is 0.389. The molecule has 1 aromatic heterocycles. The van der Waals surface area contributed by atoms with Crippen LogP contribution in [0, 0.1) is 11.3 Å². The Kier molecular flexibility index (Phi) is 4.36. The lowest BCUT2D eigenvalue weighted by atomic mass is 10.0. The fourth-order valence-corrected chi connectivity index (χ4v) is 3.38. The van der Waals surface area contributed by atoms with E-state index in [4.69, 9.17) is 10.00 Å². The van der Waals surface area contributed by atoms with E-state index in [9.17, 15) is 0 Å². The second-order valence-corrected chi connectivity index (χ2v) is 6.21. The molecule has 3 heterocycles. The number of nitriles is 1. The van der Waals surface area contributed by atoms with E-state index >= 15 is 0 Å². The number of anilines is 3. The summed E-state index contributed by atoms with van der Waals surface area (Å²) in [5.41, 5.74) is 1.49. The van der Waals surface area contributed by atoms with Gasteiger partial charge in [0.15, 0.2) is 11.6 Å². The van der Waals surface area contributed by atoms with Crippen LogP contribution in [0.3, 0.4) is 0 Å². The van der Waals surface area contributed by atoms with E-state index in [1.807, 2.05) is 12.1 Å². The van der Waals surface area contributed by atoms with Crippen molar-refractivity contribution in [2.75, 3.05) is 36.5 Å². The summed E-state index contributed by atoms with van der Waals surface area (Å²) < 4.78 is 5.90. The average molecular weight is 336 g/mol. The van der Waals surface area contributed by atoms with Crippen LogP contribution in [0.25, 0.3) is 0 Å². The van der Waals surface area contributed by atoms with Crippen molar-refractivity contribution in [2.45, 2.75) is 18.9 Å². The number of nitrogens with one attached hydrogen (secondary N) is 2. The number of aromatic nitrogens is 2. The highest BCUT2D eigenvalue weighted by atomic mass is 16.5. The van der Waals surface area contributed by atoms with E-state index < -0.39 is 0 Å². The number of benzene rings is 1. The second-order valence-electron chi connectivity index (χ2n) is 6.21. The molecule has 0 aliphatic carbocycles. The molecule has 0 unspecified atom stereocenters. The maximum atomic E-state index is 8.91. The quantitative estimate of drug-likeness (QED) is 0.887. The van der Waals surface area contributed by atoms with Gasteiger partial charge in [-0.25, -0.2) is 9.97 Å². The number of hydrogen-bond acceptors (Lipinski definition) is 7. The van der Waals surface area contributed by atoms with Gasteiger partial charge in [-0.3, -0.25) is 0 Å². The minimum absolute atomic E-state index is 0.488. The Bertz CT molecular complexity index is 779. The highest BCUT2D eigenvalue weighted by Gasteiger charge is 2.29. The minimum Gasteiger partial charge on any atom is -0.485 e. The summed E-state index contributed by atoms with van der Waals surface area (Å²) in [7, 11) is 0. The Morgan fingerprint density at radius 3 is 2.76 bits per heavy atom. The minimum atomic E-state index is 0.488. The SMILES string of the molecule is N#Cc1ccc(Nc2ncnc3c2OCCN3C2CCNCC2)cc1. The summed E-state index contributed by atoms with van der Waals surface area (Å²) in [6.45, 7) is 3.56. The summed E-state index contributed by atoms with van der Waals surface area (Å²) in [6, 6.07) is 9.88. The largest absolute Gasteiger partial charge is 0.485 e. The van der Waals surface area contributed by atoms with Gasteiger partial charge in [-0.2, -0.15) is 5.26 Å². The lowest BCUT2D eigenvalue weighted by molar-refractivity contribution is 0.288. The van der Waals surface area contributed by atoms with E-state index in [1.54, 1.807) is 18.5 Å². The van der Waals surface area contributed by atoms with Crippen LogP contribution in [0.15, 0.2) is 30.6 Å². The smallest absolute Gasteiger partial charge is 0.205 e. The van der Waals surface area contributed by atoms with E-state index in [-0.39, 0.29) is 0 Å². The number of ether oxygens (including phenoxy) is 1. The highest BCUT2D eigenvalue weighted by molar-refractivity contribution is 5.71. The van der Waals surface area contributed by atoms with Gasteiger partial charge in [0.1, 0.15) is 12.9 Å². The summed E-state index contributed by atoms with van der Waals surface area (Å²) in [5, 5.41) is 15.6. The van der Waals surface area contributed by atoms with E-state index in [1.165, 1.54) is 0 Å². The molecule has 0 atom stereocenters. The normalized spacial score (nSPS) is 17.3. The molecule has 2 aromatic rings. The monoisotopic (exact) mass is 336 g/mol. The van der Waals surface area contributed by atoms with Gasteiger partial charge in [0, 0.05) is 11.7 Å². The van der Waals surface area contributed by atoms with E-state index in [0.717, 1.165) is 44.0 Å². The zero-order valence-corrected chi connectivity index (χ0v) is 13.9. The van der Waals surface area contributed by atoms with Gasteiger partial charge < -0.3 is 20.3 Å². The van der Waals surface area contributed by atoms with Crippen LogP contribution >= 0.6 is 0 Å². The molecule has 1 saturated heterocycles. The van der Waals surface area contributed by atoms with Gasteiger partial charge >= 0.3 is 0 Å². The van der Waals surface area contributed by atoms with Gasteiger partial charge in [0.25, 0.3) is 0 Å². The Hall–Kier alpha value is -2.85. The Balaban J connectivity index is 1.60. The predicted octanol–water partition coefficient (Wildman–Crippen LogP) is 2.04. The number of hydrogen-bond donors (Lipinski definition) is 2. The van der Waals surface area contributed by atoms with Crippen LogP contribution in [0.1, 0.15) is 18.4 Å². The second kappa shape index (κ2) is 6.95. The zero-order chi connectivity index (χ0) is 17.1. The Morgan fingerprint density at radius 1 is 1.20 bits per heavy atom. The van der Waals surface area contributed by atoms with Crippen LogP contribution in [0.2, 0.25) is 0 Å². The highest BCUT2D eigenvalue weighted by Crippen LogP contribution is 2.38. The first-order chi connectivity index (χ1) is 12.3. The zero-order valence-electron chi connectivity index (χ0n) is 13.9. The molecule has 0 saturated carbocycles. The maximum absolute atomic E-state index is 8.91. The van der Waals surface area contributed by atoms with Crippen molar-refractivity contribution in [3.05, 3.63) is 36.2 Å². The molecular weight excluding hydrogens is 316 g/mol. The summed E-state index contributed by atoms with van der Waals surface area (Å²) in [5.74, 6) is 2.23. The lowest BCUT2D eigenvalue weighted by Gasteiger charge is -2.38. The molecule has 2 aliphatic heterocycles. The molecule has 1 aromatic carbocycles. The number of rotatable bonds is 3. The van der Waals surface area contributed by atoms with Crippen molar-refractivity contribution >= 4 is 17.3 Å². The summed E-state index contributed by atoms with van der Waals surface area (Å²) >= 11 is 0. The summed E-state index contributed by atoms with van der Waals surface area (Å²) in [6.07, 6.45) is 3.80. The van der Waals surface area contributed by atoms with Crippen molar-refractivity contribution in [2.24, 2.45) is 0 Å². The van der Waals surface area contributed by atoms with Crippen LogP contribution in [-0.2, 0) is 0 Å². The molecule has 25 heavy (non-hydrogen) atoms. The van der Waals surface area contributed by atoms with Crippen LogP contribution in [0.5, 0.6) is 5.75 Å². The van der Waals surface area contributed by atoms with Crippen molar-refractivity contribution in [3.63, 3.8) is 0 Å². The molecule has 7 nitrogen and oxygen atoms in total. The molecule has 4 rings (SSSR count). The molecular formula is C18H20N6O. The van der Waals surface area contributed by atoms with Gasteiger partial charge in [-0.1, -0.05) is 0 Å². The van der Waals surface area contributed by atoms with Crippen LogP contribution < -0.4 is 20.3 Å². The molecule has 0 spiro atoms. The molecule has 0 amide bonds. The van der Waals surface area contributed by atoms with Crippen LogP contribution in [-0.4, -0.2) is 42.3 Å². The van der Waals surface area contributed by atoms with E-state index in [2.05, 4.69) is 31.6 Å². The van der Waals surface area contributed by atoms with Gasteiger partial charge in [-0.05, 0) is 50.2 Å². The summed E-state index contributed by atoms with van der Waals surface area (Å²) in [4.78, 5) is 11.2. The molecule has 1 fully saturated rings. The van der Waals surface area contributed by atoms with Crippen molar-refractivity contribution < 1.29 is 4.74 Å². The van der Waals surface area contributed by atoms with E-state index in [0.29, 0.717) is 29.8 Å². The standard InChI is InChI=1S/C18H20N6O/c19-11-13-1-3-14(4-2-13)23-17-16-18(22-12-21-17)24(9-10-25-16)15-5-7-20-8-6-15/h1-4,12,15,20H,5-10H2,(H,21,22,23). The molecule has 0 bridgehead atoms. The number of fused-ring (bicyclic) bond motifs is 1. The predicted molar refractivity (Wildman–Crippen MR) is 95.2 cm³/mol. The van der Waals surface area contributed by atoms with Crippen LogP contribution in [0.4, 0.5) is 17.3 Å². The first-order valence-corrected chi connectivity index (χ1v) is 8.57. The molecule has 128 valence electrons. The third-order valence-corrected chi connectivity index (χ3v) is 4.66. The van der Waals surface area contributed by atoms with Gasteiger partial charge in [-0.15, -0.1) is 0 Å². The van der Waals surface area contributed by atoms with Gasteiger partial charge in [0.2, 0.25) is 5.75 Å². The third kappa shape index (κ3) is 3.21. The first kappa shape index (κ1) is 15.7. The first-order valence-electron chi connectivity index (χ1n) is 8.57. The van der Waals surface area contributed by atoms with Crippen molar-refractivity contribution in [1.29, 1.82) is 5.26 Å². The van der Waals surface area contributed by atoms with Crippen molar-refractivity contribution in [3.8, 4) is 11.8 Å². The molecule has 2 aliphatic rings.